The van der Waals surface area contributed by atoms with E-state index in [-0.39, 0.29) is 18.3 Å². The third-order valence-corrected chi connectivity index (χ3v) is 4.25. The quantitative estimate of drug-likeness (QED) is 0.449. The number of aliphatic hydroxyl groups excluding tert-OH is 1. The fourth-order valence-corrected chi connectivity index (χ4v) is 2.86. The monoisotopic (exact) mass is 403 g/mol. The minimum absolute atomic E-state index is 0. The Morgan fingerprint density at radius 3 is 2.50 bits per heavy atom. The summed E-state index contributed by atoms with van der Waals surface area (Å²) in [6.07, 6.45) is -0.953. The van der Waals surface area contributed by atoms with Gasteiger partial charge in [-0.05, 0) is 48.7 Å². The number of hydrogen-bond donors (Lipinski definition) is 4. The largest absolute Gasteiger partial charge is 0.473 e. The van der Waals surface area contributed by atoms with Crippen molar-refractivity contribution in [3.63, 3.8) is 0 Å². The molecule has 0 saturated carbocycles. The smallest absolute Gasteiger partial charge is 0.272 e. The van der Waals surface area contributed by atoms with Crippen molar-refractivity contribution in [2.24, 2.45) is 11.7 Å². The number of nitrogens with two attached hydrogens (primary N) is 1. The molecule has 5 N–H and O–H groups in total. The number of para-hydroxylation sites is 1. The fourth-order valence-electron chi connectivity index (χ4n) is 2.86. The average Bonchev–Trinajstić information content (AvgIpc) is 3.07. The summed E-state index contributed by atoms with van der Waals surface area (Å²) >= 11 is 0. The predicted octanol–water partition coefficient (Wildman–Crippen LogP) is 3.91. The third kappa shape index (κ3) is 5.48. The number of H-pyrrole nitrogens is 1. The van der Waals surface area contributed by atoms with E-state index in [1.807, 2.05) is 44.2 Å². The molecule has 0 aliphatic heterocycles. The minimum Gasteiger partial charge on any atom is -0.473 e. The Balaban J connectivity index is 0.00000280. The highest BCUT2D eigenvalue weighted by Gasteiger charge is 2.18. The Kier molecular flexibility index (Phi) is 7.45. The molecule has 0 aliphatic rings. The van der Waals surface area contributed by atoms with Crippen LogP contribution in [-0.4, -0.2) is 28.3 Å². The second kappa shape index (κ2) is 9.59. The van der Waals surface area contributed by atoms with Gasteiger partial charge in [-0.3, -0.25) is 10.5 Å². The molecule has 1 heterocycles. The summed E-state index contributed by atoms with van der Waals surface area (Å²) in [5, 5.41) is 13.8. The summed E-state index contributed by atoms with van der Waals surface area (Å²) in [5.74, 6) is 0.648. The number of rotatable bonds is 7. The van der Waals surface area contributed by atoms with E-state index in [1.54, 1.807) is 24.3 Å². The van der Waals surface area contributed by atoms with Gasteiger partial charge in [-0.25, -0.2) is 0 Å². The Bertz CT molecular complexity index is 876. The molecular formula is C21H26ClN3O3. The number of halogens is 1. The molecule has 3 rings (SSSR count). The van der Waals surface area contributed by atoms with E-state index in [4.69, 9.17) is 10.5 Å². The van der Waals surface area contributed by atoms with Crippen molar-refractivity contribution >= 4 is 34.9 Å². The number of ether oxygens (including phenoxy) is 1. The van der Waals surface area contributed by atoms with Gasteiger partial charge in [-0.15, -0.1) is 12.4 Å². The standard InChI is InChI=1S/C21H25N3O3.ClH/c1-13(2)11-19(25)20(22)27-16-9-7-15(8-10-16)23-21(26)18-12-14-5-3-4-6-17(14)24-18;/h3-10,12-13,19-20,24-25H,11,22H2,1-2H3,(H,23,26);1H. The van der Waals surface area contributed by atoms with Crippen molar-refractivity contribution in [2.75, 3.05) is 5.32 Å². The SMILES string of the molecule is CC(C)CC(O)C(N)Oc1ccc(NC(=O)c2cc3ccccc3[nH]2)cc1.Cl. The van der Waals surface area contributed by atoms with Gasteiger partial charge in [-0.1, -0.05) is 32.0 Å². The van der Waals surface area contributed by atoms with Crippen molar-refractivity contribution in [1.82, 2.24) is 4.98 Å². The Labute approximate surface area is 170 Å². The van der Waals surface area contributed by atoms with Crippen LogP contribution in [0, 0.1) is 5.92 Å². The van der Waals surface area contributed by atoms with E-state index < -0.39 is 12.3 Å². The molecule has 1 aromatic heterocycles. The number of amides is 1. The zero-order chi connectivity index (χ0) is 19.4. The van der Waals surface area contributed by atoms with Crippen LogP contribution in [0.3, 0.4) is 0 Å². The molecule has 7 heteroatoms. The Morgan fingerprint density at radius 1 is 1.18 bits per heavy atom. The van der Waals surface area contributed by atoms with Crippen LogP contribution >= 0.6 is 12.4 Å². The molecule has 0 aliphatic carbocycles. The molecule has 0 fully saturated rings. The number of carbonyl (C=O) groups excluding carboxylic acids is 1. The van der Waals surface area contributed by atoms with Gasteiger partial charge in [0.15, 0.2) is 6.23 Å². The van der Waals surface area contributed by atoms with Gasteiger partial charge in [0.05, 0.1) is 0 Å². The number of benzene rings is 2. The molecule has 1 amide bonds. The van der Waals surface area contributed by atoms with Crippen LogP contribution in [0.1, 0.15) is 30.8 Å². The van der Waals surface area contributed by atoms with Gasteiger partial charge in [0.1, 0.15) is 17.5 Å². The van der Waals surface area contributed by atoms with Crippen LogP contribution in [0.2, 0.25) is 0 Å². The number of carbonyl (C=O) groups is 1. The number of aromatic nitrogens is 1. The second-order valence-corrected chi connectivity index (χ2v) is 7.03. The van der Waals surface area contributed by atoms with Crippen LogP contribution in [0.25, 0.3) is 10.9 Å². The molecule has 0 spiro atoms. The molecule has 28 heavy (non-hydrogen) atoms. The van der Waals surface area contributed by atoms with E-state index in [2.05, 4.69) is 10.3 Å². The number of aliphatic hydroxyl groups is 1. The summed E-state index contributed by atoms with van der Waals surface area (Å²) in [4.78, 5) is 15.5. The first-order valence-corrected chi connectivity index (χ1v) is 9.02. The van der Waals surface area contributed by atoms with E-state index in [0.717, 1.165) is 10.9 Å². The van der Waals surface area contributed by atoms with E-state index in [1.165, 1.54) is 0 Å². The Hall–Kier alpha value is -2.54. The van der Waals surface area contributed by atoms with Gasteiger partial charge in [0.2, 0.25) is 0 Å². The molecule has 6 nitrogen and oxygen atoms in total. The summed E-state index contributed by atoms with van der Waals surface area (Å²) in [6.45, 7) is 4.03. The summed E-state index contributed by atoms with van der Waals surface area (Å²) in [7, 11) is 0. The number of nitrogens with one attached hydrogen (secondary N) is 2. The number of fused-ring (bicyclic) bond motifs is 1. The lowest BCUT2D eigenvalue weighted by Crippen LogP contribution is -2.40. The molecule has 0 bridgehead atoms. The highest BCUT2D eigenvalue weighted by molar-refractivity contribution is 6.05. The second-order valence-electron chi connectivity index (χ2n) is 7.03. The molecule has 2 aromatic carbocycles. The van der Waals surface area contributed by atoms with Crippen molar-refractivity contribution in [3.8, 4) is 5.75 Å². The zero-order valence-corrected chi connectivity index (χ0v) is 16.7. The van der Waals surface area contributed by atoms with Crippen molar-refractivity contribution in [2.45, 2.75) is 32.6 Å². The normalized spacial score (nSPS) is 13.0. The lowest BCUT2D eigenvalue weighted by molar-refractivity contribution is 0.0268. The van der Waals surface area contributed by atoms with Crippen LogP contribution in [0.15, 0.2) is 54.6 Å². The van der Waals surface area contributed by atoms with Crippen LogP contribution in [-0.2, 0) is 0 Å². The lowest BCUT2D eigenvalue weighted by atomic mass is 10.1. The predicted molar refractivity (Wildman–Crippen MR) is 114 cm³/mol. The van der Waals surface area contributed by atoms with Crippen molar-refractivity contribution in [3.05, 3.63) is 60.3 Å². The summed E-state index contributed by atoms with van der Waals surface area (Å²) in [6, 6.07) is 16.4. The zero-order valence-electron chi connectivity index (χ0n) is 15.9. The fraction of sp³-hybridized carbons (Fsp3) is 0.286. The van der Waals surface area contributed by atoms with Crippen molar-refractivity contribution in [1.29, 1.82) is 0 Å². The third-order valence-electron chi connectivity index (χ3n) is 4.25. The molecule has 150 valence electrons. The maximum Gasteiger partial charge on any atom is 0.272 e. The highest BCUT2D eigenvalue weighted by atomic mass is 35.5. The van der Waals surface area contributed by atoms with Gasteiger partial charge >= 0.3 is 0 Å². The topological polar surface area (TPSA) is 100 Å². The first-order valence-electron chi connectivity index (χ1n) is 9.02. The molecule has 2 atom stereocenters. The lowest BCUT2D eigenvalue weighted by Gasteiger charge is -2.21. The molecule has 0 saturated heterocycles. The van der Waals surface area contributed by atoms with Gasteiger partial charge in [0, 0.05) is 16.6 Å². The molecule has 0 radical (unpaired) electrons. The average molecular weight is 404 g/mol. The summed E-state index contributed by atoms with van der Waals surface area (Å²) < 4.78 is 5.57. The van der Waals surface area contributed by atoms with Crippen LogP contribution in [0.5, 0.6) is 5.75 Å². The minimum atomic E-state index is -0.792. The highest BCUT2D eigenvalue weighted by Crippen LogP contribution is 2.20. The van der Waals surface area contributed by atoms with Crippen LogP contribution in [0.4, 0.5) is 5.69 Å². The van der Waals surface area contributed by atoms with Crippen LogP contribution < -0.4 is 15.8 Å². The van der Waals surface area contributed by atoms with Crippen molar-refractivity contribution < 1.29 is 14.6 Å². The molecular weight excluding hydrogens is 378 g/mol. The van der Waals surface area contributed by atoms with E-state index in [0.29, 0.717) is 29.5 Å². The number of hydrogen-bond acceptors (Lipinski definition) is 4. The molecule has 3 aromatic rings. The van der Waals surface area contributed by atoms with E-state index in [9.17, 15) is 9.90 Å². The molecule has 2 unspecified atom stereocenters. The number of anilines is 1. The maximum absolute atomic E-state index is 12.4. The first kappa shape index (κ1) is 21.8. The first-order chi connectivity index (χ1) is 12.9. The number of aromatic amines is 1. The van der Waals surface area contributed by atoms with Gasteiger partial charge < -0.3 is 20.1 Å². The van der Waals surface area contributed by atoms with E-state index >= 15 is 0 Å². The Morgan fingerprint density at radius 2 is 1.86 bits per heavy atom. The van der Waals surface area contributed by atoms with Gasteiger partial charge in [-0.2, -0.15) is 0 Å². The summed E-state index contributed by atoms with van der Waals surface area (Å²) in [5.41, 5.74) is 7.94. The van der Waals surface area contributed by atoms with Gasteiger partial charge in [0.25, 0.3) is 5.91 Å². The maximum atomic E-state index is 12.4.